The second-order valence-corrected chi connectivity index (χ2v) is 4.01. The number of rotatable bonds is 2. The van der Waals surface area contributed by atoms with Crippen molar-refractivity contribution < 1.29 is 14.5 Å². The van der Waals surface area contributed by atoms with Crippen LogP contribution in [0.4, 0.5) is 4.79 Å². The second-order valence-electron chi connectivity index (χ2n) is 4.01. The minimum Gasteiger partial charge on any atom is -0.341 e. The van der Waals surface area contributed by atoms with E-state index < -0.39 is 6.03 Å². The molecular formula is C10H20N3O2+. The van der Waals surface area contributed by atoms with Crippen LogP contribution in [-0.4, -0.2) is 38.1 Å². The van der Waals surface area contributed by atoms with E-state index in [2.05, 4.69) is 10.6 Å². The number of amides is 3. The van der Waals surface area contributed by atoms with Crippen LogP contribution in [0.1, 0.15) is 26.2 Å². The molecule has 0 aliphatic carbocycles. The van der Waals surface area contributed by atoms with Crippen molar-refractivity contribution in [1.82, 2.24) is 10.6 Å². The predicted molar refractivity (Wildman–Crippen MR) is 56.6 cm³/mol. The zero-order valence-corrected chi connectivity index (χ0v) is 9.43. The van der Waals surface area contributed by atoms with Crippen molar-refractivity contribution in [3.05, 3.63) is 0 Å². The summed E-state index contributed by atoms with van der Waals surface area (Å²) in [7, 11) is 1.50. The number of imide groups is 1. The quantitative estimate of drug-likeness (QED) is 0.546. The highest BCUT2D eigenvalue weighted by molar-refractivity contribution is 5.96. The Hall–Kier alpha value is -1.10. The number of quaternary nitrogens is 1. The van der Waals surface area contributed by atoms with Gasteiger partial charge in [-0.05, 0) is 26.2 Å². The Morgan fingerprint density at radius 3 is 2.33 bits per heavy atom. The van der Waals surface area contributed by atoms with Crippen LogP contribution < -0.4 is 15.5 Å². The molecule has 0 aromatic rings. The lowest BCUT2D eigenvalue weighted by Gasteiger charge is -2.28. The Balaban J connectivity index is 2.40. The van der Waals surface area contributed by atoms with Crippen LogP contribution in [0.25, 0.3) is 0 Å². The highest BCUT2D eigenvalue weighted by Crippen LogP contribution is 1.95. The summed E-state index contributed by atoms with van der Waals surface area (Å²) in [5.41, 5.74) is 0. The number of urea groups is 1. The summed E-state index contributed by atoms with van der Waals surface area (Å²) in [4.78, 5) is 23.9. The Morgan fingerprint density at radius 2 is 1.80 bits per heavy atom. The first-order valence-electron chi connectivity index (χ1n) is 5.52. The predicted octanol–water partition coefficient (Wildman–Crippen LogP) is -1.10. The molecular weight excluding hydrogens is 194 g/mol. The van der Waals surface area contributed by atoms with Gasteiger partial charge in [-0.2, -0.15) is 0 Å². The van der Waals surface area contributed by atoms with E-state index in [1.165, 1.54) is 31.2 Å². The molecule has 1 fully saturated rings. The second kappa shape index (κ2) is 5.70. The van der Waals surface area contributed by atoms with Crippen LogP contribution in [0.2, 0.25) is 0 Å². The van der Waals surface area contributed by atoms with E-state index in [9.17, 15) is 9.59 Å². The molecule has 1 saturated heterocycles. The summed E-state index contributed by atoms with van der Waals surface area (Å²) in [6.45, 7) is 3.93. The molecule has 0 radical (unpaired) electrons. The molecule has 1 rings (SSSR count). The van der Waals surface area contributed by atoms with Gasteiger partial charge in [0.15, 0.2) is 6.04 Å². The molecule has 86 valence electrons. The fourth-order valence-corrected chi connectivity index (χ4v) is 1.91. The fourth-order valence-electron chi connectivity index (χ4n) is 1.91. The molecule has 3 amide bonds. The third-order valence-corrected chi connectivity index (χ3v) is 2.97. The standard InChI is InChI=1S/C10H19N3O2/c1-8(9(14)12-10(15)11-2)13-6-4-3-5-7-13/h8H,3-7H2,1-2H3,(H2,11,12,14,15)/p+1/t8-/m1/s1. The van der Waals surface area contributed by atoms with Gasteiger partial charge < -0.3 is 10.2 Å². The average Bonchev–Trinajstić information content (AvgIpc) is 2.29. The molecule has 1 atom stereocenters. The SMILES string of the molecule is CNC(=O)NC(=O)[C@@H](C)[NH+]1CCCCC1. The maximum absolute atomic E-state index is 11.6. The van der Waals surface area contributed by atoms with Crippen LogP contribution in [0, 0.1) is 0 Å². The smallest absolute Gasteiger partial charge is 0.321 e. The third kappa shape index (κ3) is 3.51. The molecule has 0 unspecified atom stereocenters. The molecule has 5 heteroatoms. The van der Waals surface area contributed by atoms with Gasteiger partial charge in [0, 0.05) is 7.05 Å². The van der Waals surface area contributed by atoms with Crippen LogP contribution >= 0.6 is 0 Å². The van der Waals surface area contributed by atoms with Gasteiger partial charge in [-0.3, -0.25) is 10.1 Å². The van der Waals surface area contributed by atoms with E-state index >= 15 is 0 Å². The zero-order chi connectivity index (χ0) is 11.3. The summed E-state index contributed by atoms with van der Waals surface area (Å²) in [5.74, 6) is -0.189. The van der Waals surface area contributed by atoms with Gasteiger partial charge in [-0.1, -0.05) is 0 Å². The monoisotopic (exact) mass is 214 g/mol. The van der Waals surface area contributed by atoms with Crippen LogP contribution in [0.5, 0.6) is 0 Å². The van der Waals surface area contributed by atoms with E-state index in [1.54, 1.807) is 0 Å². The first-order chi connectivity index (χ1) is 7.15. The van der Waals surface area contributed by atoms with Crippen molar-refractivity contribution in [3.63, 3.8) is 0 Å². The van der Waals surface area contributed by atoms with Crippen molar-refractivity contribution in [2.75, 3.05) is 20.1 Å². The first kappa shape index (κ1) is 12.0. The Labute approximate surface area is 90.2 Å². The molecule has 0 aromatic carbocycles. The van der Waals surface area contributed by atoms with Gasteiger partial charge >= 0.3 is 6.03 Å². The first-order valence-corrected chi connectivity index (χ1v) is 5.52. The largest absolute Gasteiger partial charge is 0.341 e. The normalized spacial score (nSPS) is 19.3. The van der Waals surface area contributed by atoms with E-state index in [0.717, 1.165) is 13.1 Å². The number of hydrogen-bond acceptors (Lipinski definition) is 2. The van der Waals surface area contributed by atoms with E-state index in [0.29, 0.717) is 0 Å². The summed E-state index contributed by atoms with van der Waals surface area (Å²) in [6.07, 6.45) is 3.60. The Bertz CT molecular complexity index is 237. The van der Waals surface area contributed by atoms with Crippen LogP contribution in [0.15, 0.2) is 0 Å². The topological polar surface area (TPSA) is 62.6 Å². The fraction of sp³-hybridized carbons (Fsp3) is 0.800. The third-order valence-electron chi connectivity index (χ3n) is 2.97. The molecule has 1 aliphatic heterocycles. The molecule has 1 heterocycles. The highest BCUT2D eigenvalue weighted by Gasteiger charge is 2.27. The minimum atomic E-state index is -0.428. The van der Waals surface area contributed by atoms with Crippen LogP contribution in [-0.2, 0) is 4.79 Å². The van der Waals surface area contributed by atoms with E-state index in [-0.39, 0.29) is 11.9 Å². The van der Waals surface area contributed by atoms with Crippen molar-refractivity contribution in [2.24, 2.45) is 0 Å². The van der Waals surface area contributed by atoms with Gasteiger partial charge in [0.2, 0.25) is 0 Å². The van der Waals surface area contributed by atoms with E-state index in [1.807, 2.05) is 6.92 Å². The number of likely N-dealkylation sites (tertiary alicyclic amines) is 1. The highest BCUT2D eigenvalue weighted by atomic mass is 16.2. The van der Waals surface area contributed by atoms with Gasteiger partial charge in [-0.25, -0.2) is 4.79 Å². The molecule has 0 saturated carbocycles. The average molecular weight is 214 g/mol. The number of carbonyl (C=O) groups excluding carboxylic acids is 2. The minimum absolute atomic E-state index is 0.136. The van der Waals surface area contributed by atoms with Crippen molar-refractivity contribution in [2.45, 2.75) is 32.2 Å². The number of piperidine rings is 1. The molecule has 15 heavy (non-hydrogen) atoms. The maximum Gasteiger partial charge on any atom is 0.321 e. The number of hydrogen-bond donors (Lipinski definition) is 3. The van der Waals surface area contributed by atoms with Crippen molar-refractivity contribution in [1.29, 1.82) is 0 Å². The van der Waals surface area contributed by atoms with Crippen molar-refractivity contribution >= 4 is 11.9 Å². The summed E-state index contributed by atoms with van der Waals surface area (Å²) < 4.78 is 0. The van der Waals surface area contributed by atoms with Crippen LogP contribution in [0.3, 0.4) is 0 Å². The summed E-state index contributed by atoms with van der Waals surface area (Å²) in [6, 6.07) is -0.564. The Morgan fingerprint density at radius 1 is 1.20 bits per heavy atom. The van der Waals surface area contributed by atoms with E-state index in [4.69, 9.17) is 0 Å². The lowest BCUT2D eigenvalue weighted by molar-refractivity contribution is -0.918. The molecule has 0 bridgehead atoms. The lowest BCUT2D eigenvalue weighted by Crippen LogP contribution is -3.17. The maximum atomic E-state index is 11.6. The lowest BCUT2D eigenvalue weighted by atomic mass is 10.1. The molecule has 3 N–H and O–H groups in total. The van der Waals surface area contributed by atoms with Gasteiger partial charge in [-0.15, -0.1) is 0 Å². The summed E-state index contributed by atoms with van der Waals surface area (Å²) in [5, 5.41) is 4.69. The van der Waals surface area contributed by atoms with Gasteiger partial charge in [0.25, 0.3) is 5.91 Å². The molecule has 0 spiro atoms. The van der Waals surface area contributed by atoms with Crippen molar-refractivity contribution in [3.8, 4) is 0 Å². The number of nitrogens with one attached hydrogen (secondary N) is 3. The van der Waals surface area contributed by atoms with Gasteiger partial charge in [0.05, 0.1) is 13.1 Å². The van der Waals surface area contributed by atoms with Gasteiger partial charge in [0.1, 0.15) is 0 Å². The number of carbonyl (C=O) groups is 2. The summed E-state index contributed by atoms with van der Waals surface area (Å²) >= 11 is 0. The molecule has 1 aliphatic rings. The zero-order valence-electron chi connectivity index (χ0n) is 9.43. The molecule has 5 nitrogen and oxygen atoms in total. The molecule has 0 aromatic heterocycles. The Kier molecular flexibility index (Phi) is 4.55.